The molecule has 12 unspecified atom stereocenters. The smallest absolute Gasteiger partial charge is 0.220 e. The molecule has 0 bridgehead atoms. The van der Waals surface area contributed by atoms with E-state index in [1.165, 1.54) is 19.3 Å². The molecule has 2 fully saturated rings. The van der Waals surface area contributed by atoms with Gasteiger partial charge in [-0.3, -0.25) is 4.79 Å². The van der Waals surface area contributed by atoms with Gasteiger partial charge in [-0.25, -0.2) is 0 Å². The number of aliphatic hydroxyl groups is 8. The predicted octanol–water partition coefficient (Wildman–Crippen LogP) is 2.65. The molecule has 14 nitrogen and oxygen atoms in total. The Hall–Kier alpha value is -1.53. The summed E-state index contributed by atoms with van der Waals surface area (Å²) in [6.45, 7) is 2.67. The molecule has 0 spiro atoms. The molecule has 0 aromatic heterocycles. The maximum Gasteiger partial charge on any atom is 0.220 e. The lowest BCUT2D eigenvalue weighted by atomic mass is 9.97. The minimum absolute atomic E-state index is 0.231. The largest absolute Gasteiger partial charge is 0.394 e. The molecule has 14 heteroatoms. The predicted molar refractivity (Wildman–Crippen MR) is 203 cm³/mol. The van der Waals surface area contributed by atoms with Gasteiger partial charge in [0.05, 0.1) is 32.0 Å². The molecular formula is C40H73NO13. The van der Waals surface area contributed by atoms with Crippen LogP contribution in [0.2, 0.25) is 0 Å². The molecule has 12 atom stereocenters. The van der Waals surface area contributed by atoms with Crippen LogP contribution in [0.1, 0.15) is 129 Å². The zero-order valence-electron chi connectivity index (χ0n) is 32.7. The number of carbonyl (C=O) groups excluding carboxylic acids is 1. The van der Waals surface area contributed by atoms with Crippen molar-refractivity contribution in [1.82, 2.24) is 5.32 Å². The summed E-state index contributed by atoms with van der Waals surface area (Å²) in [5.41, 5.74) is 0. The molecule has 0 aromatic rings. The van der Waals surface area contributed by atoms with E-state index in [0.717, 1.165) is 77.0 Å². The number of allylic oxidation sites excluding steroid dienone is 4. The Morgan fingerprint density at radius 1 is 0.667 bits per heavy atom. The number of carbonyl (C=O) groups is 1. The number of nitrogens with one attached hydrogen (secondary N) is 1. The van der Waals surface area contributed by atoms with E-state index in [-0.39, 0.29) is 18.9 Å². The fourth-order valence-corrected chi connectivity index (χ4v) is 6.67. The SMILES string of the molecule is CCCCC/C=C\C/C=C\CCCCCCCC(=O)NC(COC1OC(CO)C(OC2OC(CO)C(O)C(O)C2O)C(O)C1O)C(O)CCCCCCC. The van der Waals surface area contributed by atoms with E-state index in [2.05, 4.69) is 43.5 Å². The molecule has 2 heterocycles. The Labute approximate surface area is 322 Å². The molecule has 2 saturated heterocycles. The second-order valence-electron chi connectivity index (χ2n) is 14.8. The molecule has 2 rings (SSSR count). The van der Waals surface area contributed by atoms with Crippen LogP contribution in [0.3, 0.4) is 0 Å². The van der Waals surface area contributed by atoms with Gasteiger partial charge < -0.3 is 65.1 Å². The topological polar surface area (TPSA) is 228 Å². The molecule has 54 heavy (non-hydrogen) atoms. The van der Waals surface area contributed by atoms with Gasteiger partial charge in [-0.2, -0.15) is 0 Å². The van der Waals surface area contributed by atoms with Gasteiger partial charge in [0.15, 0.2) is 12.6 Å². The minimum Gasteiger partial charge on any atom is -0.394 e. The summed E-state index contributed by atoms with van der Waals surface area (Å²) in [6.07, 6.45) is 9.64. The summed E-state index contributed by atoms with van der Waals surface area (Å²) in [5.74, 6) is -0.231. The Morgan fingerprint density at radius 3 is 1.89 bits per heavy atom. The number of aliphatic hydroxyl groups excluding tert-OH is 8. The first-order valence-electron chi connectivity index (χ1n) is 20.6. The van der Waals surface area contributed by atoms with E-state index in [1.807, 2.05) is 0 Å². The fourth-order valence-electron chi connectivity index (χ4n) is 6.67. The van der Waals surface area contributed by atoms with Crippen LogP contribution in [-0.4, -0.2) is 140 Å². The standard InChI is InChI=1S/C40H73NO13/c1-3-5-7-9-10-11-12-13-14-15-16-17-18-20-22-24-32(45)41-28(29(44)23-21-19-8-6-4-2)27-51-39-37(50)35(48)38(31(26-43)53-39)54-40-36(49)34(47)33(46)30(25-42)52-40/h10-11,13-14,28-31,33-40,42-44,46-50H,3-9,12,15-27H2,1-2H3,(H,41,45)/b11-10-,14-13-. The molecular weight excluding hydrogens is 702 g/mol. The van der Waals surface area contributed by atoms with Gasteiger partial charge in [-0.1, -0.05) is 102 Å². The van der Waals surface area contributed by atoms with Gasteiger partial charge in [0.2, 0.25) is 5.91 Å². The highest BCUT2D eigenvalue weighted by Crippen LogP contribution is 2.30. The molecule has 9 N–H and O–H groups in total. The number of hydrogen-bond acceptors (Lipinski definition) is 13. The van der Waals surface area contributed by atoms with Gasteiger partial charge in [0.1, 0.15) is 48.8 Å². The highest BCUT2D eigenvalue weighted by molar-refractivity contribution is 5.76. The normalized spacial score (nSPS) is 30.3. The number of amides is 1. The molecule has 0 aliphatic carbocycles. The van der Waals surface area contributed by atoms with E-state index in [0.29, 0.717) is 12.8 Å². The zero-order chi connectivity index (χ0) is 39.7. The van der Waals surface area contributed by atoms with E-state index in [9.17, 15) is 45.6 Å². The lowest BCUT2D eigenvalue weighted by molar-refractivity contribution is -0.359. The van der Waals surface area contributed by atoms with Crippen LogP contribution in [-0.2, 0) is 23.7 Å². The molecule has 1 amide bonds. The van der Waals surface area contributed by atoms with Crippen molar-refractivity contribution in [2.24, 2.45) is 0 Å². The minimum atomic E-state index is -1.78. The van der Waals surface area contributed by atoms with Crippen LogP contribution in [0, 0.1) is 0 Å². The summed E-state index contributed by atoms with van der Waals surface area (Å²) < 4.78 is 22.5. The van der Waals surface area contributed by atoms with E-state index in [4.69, 9.17) is 18.9 Å². The second kappa shape index (κ2) is 28.8. The van der Waals surface area contributed by atoms with Crippen molar-refractivity contribution < 1.29 is 64.6 Å². The van der Waals surface area contributed by atoms with Crippen LogP contribution in [0.4, 0.5) is 0 Å². The zero-order valence-corrected chi connectivity index (χ0v) is 32.7. The molecule has 0 radical (unpaired) electrons. The quantitative estimate of drug-likeness (QED) is 0.0394. The molecule has 0 saturated carbocycles. The monoisotopic (exact) mass is 776 g/mol. The second-order valence-corrected chi connectivity index (χ2v) is 14.8. The molecule has 2 aliphatic heterocycles. The van der Waals surface area contributed by atoms with Crippen LogP contribution in [0.25, 0.3) is 0 Å². The lowest BCUT2D eigenvalue weighted by Crippen LogP contribution is -2.65. The Kier molecular flexibility index (Phi) is 25.9. The summed E-state index contributed by atoms with van der Waals surface area (Å²) in [7, 11) is 0. The van der Waals surface area contributed by atoms with Crippen LogP contribution in [0.15, 0.2) is 24.3 Å². The number of ether oxygens (including phenoxy) is 4. The Morgan fingerprint density at radius 2 is 1.22 bits per heavy atom. The van der Waals surface area contributed by atoms with Crippen LogP contribution >= 0.6 is 0 Å². The lowest BCUT2D eigenvalue weighted by Gasteiger charge is -2.46. The van der Waals surface area contributed by atoms with Crippen molar-refractivity contribution in [3.8, 4) is 0 Å². The van der Waals surface area contributed by atoms with E-state index < -0.39 is 86.8 Å². The summed E-state index contributed by atoms with van der Waals surface area (Å²) in [4.78, 5) is 13.0. The maximum absolute atomic E-state index is 13.0. The van der Waals surface area contributed by atoms with Crippen molar-refractivity contribution in [1.29, 1.82) is 0 Å². The number of hydrogen-bond donors (Lipinski definition) is 9. The number of unbranched alkanes of at least 4 members (excludes halogenated alkanes) is 12. The first-order valence-corrected chi connectivity index (χ1v) is 20.6. The maximum atomic E-state index is 13.0. The molecule has 2 aliphatic rings. The molecule has 0 aromatic carbocycles. The third-order valence-electron chi connectivity index (χ3n) is 10.2. The van der Waals surface area contributed by atoms with Crippen molar-refractivity contribution in [3.05, 3.63) is 24.3 Å². The number of rotatable bonds is 29. The van der Waals surface area contributed by atoms with Crippen molar-refractivity contribution in [2.75, 3.05) is 19.8 Å². The van der Waals surface area contributed by atoms with Gasteiger partial charge in [-0.05, 0) is 44.9 Å². The first kappa shape index (κ1) is 48.6. The van der Waals surface area contributed by atoms with Gasteiger partial charge >= 0.3 is 0 Å². The fraction of sp³-hybridized carbons (Fsp3) is 0.875. The van der Waals surface area contributed by atoms with Crippen molar-refractivity contribution >= 4 is 5.91 Å². The van der Waals surface area contributed by atoms with Crippen molar-refractivity contribution in [2.45, 2.75) is 203 Å². The molecule has 316 valence electrons. The van der Waals surface area contributed by atoms with Crippen LogP contribution < -0.4 is 5.32 Å². The van der Waals surface area contributed by atoms with Crippen molar-refractivity contribution in [3.63, 3.8) is 0 Å². The average Bonchev–Trinajstić information content (AvgIpc) is 3.17. The summed E-state index contributed by atoms with van der Waals surface area (Å²) in [6, 6.07) is -0.828. The van der Waals surface area contributed by atoms with E-state index >= 15 is 0 Å². The first-order chi connectivity index (χ1) is 26.1. The Balaban J connectivity index is 1.86. The Bertz CT molecular complexity index is 1010. The van der Waals surface area contributed by atoms with Gasteiger partial charge in [0.25, 0.3) is 0 Å². The van der Waals surface area contributed by atoms with Crippen LogP contribution in [0.5, 0.6) is 0 Å². The van der Waals surface area contributed by atoms with Gasteiger partial charge in [-0.15, -0.1) is 0 Å². The highest BCUT2D eigenvalue weighted by Gasteiger charge is 2.50. The highest BCUT2D eigenvalue weighted by atomic mass is 16.7. The third-order valence-corrected chi connectivity index (χ3v) is 10.2. The average molecular weight is 776 g/mol. The summed E-state index contributed by atoms with van der Waals surface area (Å²) >= 11 is 0. The van der Waals surface area contributed by atoms with E-state index in [1.54, 1.807) is 0 Å². The third kappa shape index (κ3) is 17.7. The van der Waals surface area contributed by atoms with Gasteiger partial charge in [0, 0.05) is 6.42 Å². The summed E-state index contributed by atoms with van der Waals surface area (Å²) in [5, 5.41) is 85.9.